The molecular weight excluding hydrogens is 502 g/mol. The van der Waals surface area contributed by atoms with E-state index in [0.717, 1.165) is 25.7 Å². The summed E-state index contributed by atoms with van der Waals surface area (Å²) in [5.41, 5.74) is 0.979. The average Bonchev–Trinajstić information content (AvgIpc) is 2.96. The predicted molar refractivity (Wildman–Crippen MR) is 146 cm³/mol. The van der Waals surface area contributed by atoms with Gasteiger partial charge in [-0.3, -0.25) is 4.79 Å². The molecule has 4 rings (SSSR count). The Morgan fingerprint density at radius 1 is 0.947 bits per heavy atom. The van der Waals surface area contributed by atoms with Gasteiger partial charge in [0.2, 0.25) is 15.8 Å². The Labute approximate surface area is 223 Å². The molecule has 10 heteroatoms. The quantitative estimate of drug-likeness (QED) is 0.342. The molecular formula is C28H33N5O4S. The normalized spacial score (nSPS) is 14.3. The summed E-state index contributed by atoms with van der Waals surface area (Å²) >= 11 is 0. The fourth-order valence-corrected chi connectivity index (χ4v) is 6.08. The van der Waals surface area contributed by atoms with Crippen molar-refractivity contribution in [1.29, 1.82) is 5.26 Å². The van der Waals surface area contributed by atoms with E-state index in [4.69, 9.17) is 4.74 Å². The standard InChI is InChI=1S/C28H33N5O4S/c1-2-3-4-5-11-20-37-27-25(22-30-33(28(27)34)24-13-7-6-8-14-24)31-16-18-32(19-17-31)38(35,36)26-15-10-9-12-23(26)21-29/h6-10,12-15,22H,2-5,11,16-20H2,1H3. The molecule has 2 aromatic carbocycles. The molecule has 0 amide bonds. The number of unbranched alkanes of at least 4 members (excludes halogenated alkanes) is 4. The maximum absolute atomic E-state index is 13.5. The lowest BCUT2D eigenvalue weighted by Gasteiger charge is -2.35. The Morgan fingerprint density at radius 3 is 2.34 bits per heavy atom. The zero-order valence-corrected chi connectivity index (χ0v) is 22.4. The Balaban J connectivity index is 1.55. The Morgan fingerprint density at radius 2 is 1.63 bits per heavy atom. The van der Waals surface area contributed by atoms with Gasteiger partial charge in [0.05, 0.1) is 29.0 Å². The van der Waals surface area contributed by atoms with E-state index in [0.29, 0.717) is 31.1 Å². The molecule has 0 bridgehead atoms. The third-order valence-corrected chi connectivity index (χ3v) is 8.57. The topological polar surface area (TPSA) is 109 Å². The van der Waals surface area contributed by atoms with Crippen molar-refractivity contribution in [2.75, 3.05) is 37.7 Å². The second-order valence-electron chi connectivity index (χ2n) is 9.17. The number of hydrogen-bond acceptors (Lipinski definition) is 7. The summed E-state index contributed by atoms with van der Waals surface area (Å²) in [6.07, 6.45) is 6.95. The van der Waals surface area contributed by atoms with Crippen molar-refractivity contribution < 1.29 is 13.2 Å². The third kappa shape index (κ3) is 6.06. The van der Waals surface area contributed by atoms with Crippen LogP contribution >= 0.6 is 0 Å². The number of anilines is 1. The first kappa shape index (κ1) is 27.4. The number of nitriles is 1. The number of ether oxygens (including phenoxy) is 1. The molecule has 3 aromatic rings. The van der Waals surface area contributed by atoms with Gasteiger partial charge in [0.1, 0.15) is 11.8 Å². The Hall–Kier alpha value is -3.68. The smallest absolute Gasteiger partial charge is 0.316 e. The van der Waals surface area contributed by atoms with Gasteiger partial charge in [-0.1, -0.05) is 62.9 Å². The minimum atomic E-state index is -3.83. The molecule has 2 heterocycles. The van der Waals surface area contributed by atoms with Gasteiger partial charge in [-0.25, -0.2) is 8.42 Å². The summed E-state index contributed by atoms with van der Waals surface area (Å²) in [6, 6.07) is 17.4. The van der Waals surface area contributed by atoms with Crippen molar-refractivity contribution >= 4 is 15.7 Å². The van der Waals surface area contributed by atoms with Crippen LogP contribution in [0.1, 0.15) is 44.6 Å². The van der Waals surface area contributed by atoms with Crippen LogP contribution in [0.2, 0.25) is 0 Å². The monoisotopic (exact) mass is 535 g/mol. The van der Waals surface area contributed by atoms with E-state index in [1.54, 1.807) is 18.3 Å². The number of nitrogens with zero attached hydrogens (tertiary/aromatic N) is 5. The summed E-state index contributed by atoms with van der Waals surface area (Å²) in [5.74, 6) is 0.227. The molecule has 9 nitrogen and oxygen atoms in total. The summed E-state index contributed by atoms with van der Waals surface area (Å²) in [7, 11) is -3.83. The number of hydrogen-bond donors (Lipinski definition) is 0. The van der Waals surface area contributed by atoms with Crippen LogP contribution < -0.4 is 15.2 Å². The van der Waals surface area contributed by atoms with Crippen LogP contribution in [0.4, 0.5) is 5.69 Å². The zero-order chi connectivity index (χ0) is 27.0. The Bertz CT molecular complexity index is 1430. The molecule has 38 heavy (non-hydrogen) atoms. The minimum absolute atomic E-state index is 0.00942. The second-order valence-corrected chi connectivity index (χ2v) is 11.1. The van der Waals surface area contributed by atoms with Crippen LogP contribution in [0.5, 0.6) is 5.75 Å². The first-order valence-electron chi connectivity index (χ1n) is 13.0. The molecule has 200 valence electrons. The molecule has 0 N–H and O–H groups in total. The summed E-state index contributed by atoms with van der Waals surface area (Å²) in [6.45, 7) is 3.72. The van der Waals surface area contributed by atoms with Crippen LogP contribution in [-0.4, -0.2) is 55.3 Å². The highest BCUT2D eigenvalue weighted by molar-refractivity contribution is 7.89. The molecule has 1 saturated heterocycles. The number of aromatic nitrogens is 2. The molecule has 0 spiro atoms. The highest BCUT2D eigenvalue weighted by Crippen LogP contribution is 2.28. The minimum Gasteiger partial charge on any atom is -0.486 e. The predicted octanol–water partition coefficient (Wildman–Crippen LogP) is 3.96. The van der Waals surface area contributed by atoms with E-state index < -0.39 is 10.0 Å². The molecule has 0 unspecified atom stereocenters. The molecule has 0 atom stereocenters. The van der Waals surface area contributed by atoms with Gasteiger partial charge in [-0.05, 0) is 30.7 Å². The van der Waals surface area contributed by atoms with E-state index in [1.165, 1.54) is 27.5 Å². The molecule has 1 fully saturated rings. The fraction of sp³-hybridized carbons (Fsp3) is 0.393. The maximum Gasteiger partial charge on any atom is 0.316 e. The third-order valence-electron chi connectivity index (χ3n) is 6.61. The van der Waals surface area contributed by atoms with Gasteiger partial charge >= 0.3 is 5.56 Å². The van der Waals surface area contributed by atoms with Crippen molar-refractivity contribution in [2.24, 2.45) is 0 Å². The molecule has 0 saturated carbocycles. The summed E-state index contributed by atoms with van der Waals surface area (Å²) < 4.78 is 35.3. The van der Waals surface area contributed by atoms with Crippen molar-refractivity contribution in [2.45, 2.75) is 43.9 Å². The van der Waals surface area contributed by atoms with Crippen molar-refractivity contribution in [3.63, 3.8) is 0 Å². The van der Waals surface area contributed by atoms with Gasteiger partial charge in [0, 0.05) is 26.2 Å². The van der Waals surface area contributed by atoms with E-state index in [9.17, 15) is 18.5 Å². The van der Waals surface area contributed by atoms with Crippen LogP contribution in [0, 0.1) is 11.3 Å². The maximum atomic E-state index is 13.5. The fourth-order valence-electron chi connectivity index (χ4n) is 4.52. The summed E-state index contributed by atoms with van der Waals surface area (Å²) in [5, 5.41) is 13.8. The lowest BCUT2D eigenvalue weighted by Crippen LogP contribution is -2.49. The van der Waals surface area contributed by atoms with Gasteiger partial charge < -0.3 is 9.64 Å². The van der Waals surface area contributed by atoms with Crippen LogP contribution in [0.3, 0.4) is 0 Å². The molecule has 1 aromatic heterocycles. The average molecular weight is 536 g/mol. The number of rotatable bonds is 11. The van der Waals surface area contributed by atoms with Crippen molar-refractivity contribution in [3.8, 4) is 17.5 Å². The van der Waals surface area contributed by atoms with Crippen LogP contribution in [-0.2, 0) is 10.0 Å². The van der Waals surface area contributed by atoms with E-state index in [-0.39, 0.29) is 34.9 Å². The molecule has 0 radical (unpaired) electrons. The van der Waals surface area contributed by atoms with Gasteiger partial charge in [0.25, 0.3) is 0 Å². The van der Waals surface area contributed by atoms with Gasteiger partial charge in [-0.15, -0.1) is 0 Å². The number of sulfonamides is 1. The van der Waals surface area contributed by atoms with E-state index in [1.807, 2.05) is 41.3 Å². The van der Waals surface area contributed by atoms with E-state index >= 15 is 0 Å². The SMILES string of the molecule is CCCCCCCOc1c(N2CCN(S(=O)(=O)c3ccccc3C#N)CC2)cnn(-c2ccccc2)c1=O. The lowest BCUT2D eigenvalue weighted by molar-refractivity contribution is 0.297. The summed E-state index contributed by atoms with van der Waals surface area (Å²) in [4.78, 5) is 15.4. The number of piperazine rings is 1. The van der Waals surface area contributed by atoms with Gasteiger partial charge in [0.15, 0.2) is 0 Å². The first-order valence-corrected chi connectivity index (χ1v) is 14.5. The highest BCUT2D eigenvalue weighted by atomic mass is 32.2. The second kappa shape index (κ2) is 12.7. The van der Waals surface area contributed by atoms with Crippen LogP contribution in [0.15, 0.2) is 70.5 Å². The Kier molecular flexibility index (Phi) is 9.15. The lowest BCUT2D eigenvalue weighted by atomic mass is 10.2. The molecule has 1 aliphatic heterocycles. The van der Waals surface area contributed by atoms with Crippen molar-refractivity contribution in [1.82, 2.24) is 14.1 Å². The highest BCUT2D eigenvalue weighted by Gasteiger charge is 2.31. The van der Waals surface area contributed by atoms with Crippen molar-refractivity contribution in [3.05, 3.63) is 76.7 Å². The largest absolute Gasteiger partial charge is 0.486 e. The first-order chi connectivity index (χ1) is 18.5. The van der Waals surface area contributed by atoms with Crippen LogP contribution in [0.25, 0.3) is 5.69 Å². The molecule has 0 aliphatic carbocycles. The van der Waals surface area contributed by atoms with Gasteiger partial charge in [-0.2, -0.15) is 19.3 Å². The number of para-hydroxylation sites is 1. The molecule has 1 aliphatic rings. The number of benzene rings is 2. The zero-order valence-electron chi connectivity index (χ0n) is 21.6. The van der Waals surface area contributed by atoms with E-state index in [2.05, 4.69) is 12.0 Å².